The molecule has 0 aromatic carbocycles. The standard InChI is InChI=1S/C10H20N2O2S/c13-15(14,10-5-1-2-6-10)12-9-4-3-7-11-8-9/h9-12H,1-8H2. The fraction of sp³-hybridized carbons (Fsp3) is 1.00. The first-order valence-corrected chi connectivity index (χ1v) is 7.45. The van der Waals surface area contributed by atoms with Crippen LogP contribution in [0.25, 0.3) is 0 Å². The maximum atomic E-state index is 12.0. The molecule has 2 aliphatic rings. The average molecular weight is 232 g/mol. The Morgan fingerprint density at radius 2 is 1.80 bits per heavy atom. The smallest absolute Gasteiger partial charge is 0.214 e. The van der Waals surface area contributed by atoms with Gasteiger partial charge in [-0.05, 0) is 32.2 Å². The number of rotatable bonds is 3. The molecule has 1 unspecified atom stereocenters. The van der Waals surface area contributed by atoms with E-state index in [0.29, 0.717) is 0 Å². The van der Waals surface area contributed by atoms with Gasteiger partial charge in [0.05, 0.1) is 5.25 Å². The van der Waals surface area contributed by atoms with E-state index in [1.54, 1.807) is 0 Å². The van der Waals surface area contributed by atoms with Crippen molar-refractivity contribution in [1.82, 2.24) is 10.0 Å². The van der Waals surface area contributed by atoms with Gasteiger partial charge in [-0.3, -0.25) is 0 Å². The van der Waals surface area contributed by atoms with Gasteiger partial charge in [0, 0.05) is 12.6 Å². The molecule has 1 heterocycles. The minimum atomic E-state index is -3.05. The van der Waals surface area contributed by atoms with Gasteiger partial charge in [0.15, 0.2) is 0 Å². The molecular formula is C10H20N2O2S. The van der Waals surface area contributed by atoms with Gasteiger partial charge in [0.1, 0.15) is 0 Å². The van der Waals surface area contributed by atoms with Gasteiger partial charge in [-0.15, -0.1) is 0 Å². The summed E-state index contributed by atoms with van der Waals surface area (Å²) in [6, 6.07) is 0.115. The van der Waals surface area contributed by atoms with Crippen LogP contribution in [0.5, 0.6) is 0 Å². The summed E-state index contributed by atoms with van der Waals surface area (Å²) in [5.41, 5.74) is 0. The fourth-order valence-corrected chi connectivity index (χ4v) is 4.29. The van der Waals surface area contributed by atoms with Crippen molar-refractivity contribution in [3.63, 3.8) is 0 Å². The molecule has 2 rings (SSSR count). The summed E-state index contributed by atoms with van der Waals surface area (Å²) in [6.45, 7) is 1.80. The highest BCUT2D eigenvalue weighted by Gasteiger charge is 2.30. The predicted molar refractivity (Wildman–Crippen MR) is 60.2 cm³/mol. The molecule has 2 fully saturated rings. The monoisotopic (exact) mass is 232 g/mol. The molecule has 4 nitrogen and oxygen atoms in total. The Hall–Kier alpha value is -0.130. The first-order chi connectivity index (χ1) is 7.18. The molecule has 0 bridgehead atoms. The molecule has 0 aromatic heterocycles. The van der Waals surface area contributed by atoms with Crippen molar-refractivity contribution < 1.29 is 8.42 Å². The topological polar surface area (TPSA) is 58.2 Å². The van der Waals surface area contributed by atoms with Gasteiger partial charge in [-0.1, -0.05) is 12.8 Å². The average Bonchev–Trinajstić information content (AvgIpc) is 2.71. The SMILES string of the molecule is O=S(=O)(NC1CCCNC1)C1CCCC1. The largest absolute Gasteiger partial charge is 0.315 e. The molecule has 1 atom stereocenters. The van der Waals surface area contributed by atoms with E-state index in [2.05, 4.69) is 10.0 Å². The Kier molecular flexibility index (Phi) is 3.64. The van der Waals surface area contributed by atoms with Gasteiger partial charge in [-0.25, -0.2) is 13.1 Å². The summed E-state index contributed by atoms with van der Waals surface area (Å²) < 4.78 is 26.8. The summed E-state index contributed by atoms with van der Waals surface area (Å²) in [4.78, 5) is 0. The van der Waals surface area contributed by atoms with Crippen molar-refractivity contribution >= 4 is 10.0 Å². The zero-order valence-electron chi connectivity index (χ0n) is 9.04. The van der Waals surface area contributed by atoms with E-state index in [0.717, 1.165) is 51.6 Å². The minimum absolute atomic E-state index is 0.115. The molecule has 2 N–H and O–H groups in total. The van der Waals surface area contributed by atoms with Crippen LogP contribution >= 0.6 is 0 Å². The van der Waals surface area contributed by atoms with E-state index < -0.39 is 10.0 Å². The Morgan fingerprint density at radius 1 is 1.07 bits per heavy atom. The summed E-state index contributed by atoms with van der Waals surface area (Å²) in [5, 5.41) is 3.10. The molecule has 15 heavy (non-hydrogen) atoms. The second-order valence-electron chi connectivity index (χ2n) is 4.61. The van der Waals surface area contributed by atoms with Gasteiger partial charge in [0.2, 0.25) is 10.0 Å². The van der Waals surface area contributed by atoms with Gasteiger partial charge in [0.25, 0.3) is 0 Å². The van der Waals surface area contributed by atoms with E-state index in [4.69, 9.17) is 0 Å². The van der Waals surface area contributed by atoms with E-state index in [1.807, 2.05) is 0 Å². The van der Waals surface area contributed by atoms with Crippen molar-refractivity contribution in [2.75, 3.05) is 13.1 Å². The highest BCUT2D eigenvalue weighted by molar-refractivity contribution is 7.90. The number of nitrogens with one attached hydrogen (secondary N) is 2. The predicted octanol–water partition coefficient (Wildman–Crippen LogP) is 0.600. The molecule has 0 amide bonds. The molecule has 0 radical (unpaired) electrons. The Bertz CT molecular complexity index is 291. The normalized spacial score (nSPS) is 29.5. The lowest BCUT2D eigenvalue weighted by Crippen LogP contribution is -2.47. The van der Waals surface area contributed by atoms with Crippen LogP contribution in [0.3, 0.4) is 0 Å². The third-order valence-electron chi connectivity index (χ3n) is 3.37. The van der Waals surface area contributed by atoms with Crippen LogP contribution in [0.2, 0.25) is 0 Å². The minimum Gasteiger partial charge on any atom is -0.315 e. The van der Waals surface area contributed by atoms with Crippen LogP contribution in [0.1, 0.15) is 38.5 Å². The Balaban J connectivity index is 1.90. The fourth-order valence-electron chi connectivity index (χ4n) is 2.48. The second-order valence-corrected chi connectivity index (χ2v) is 6.60. The molecule has 1 saturated heterocycles. The maximum Gasteiger partial charge on any atom is 0.214 e. The summed E-state index contributed by atoms with van der Waals surface area (Å²) >= 11 is 0. The van der Waals surface area contributed by atoms with Crippen LogP contribution < -0.4 is 10.0 Å². The first-order valence-electron chi connectivity index (χ1n) is 5.90. The molecule has 88 valence electrons. The molecule has 1 aliphatic heterocycles. The lowest BCUT2D eigenvalue weighted by molar-refractivity contribution is 0.426. The molecule has 1 saturated carbocycles. The molecule has 1 aliphatic carbocycles. The van der Waals surface area contributed by atoms with Crippen LogP contribution in [0, 0.1) is 0 Å². The highest BCUT2D eigenvalue weighted by atomic mass is 32.2. The Labute approximate surface area is 91.9 Å². The lowest BCUT2D eigenvalue weighted by atomic mass is 10.1. The number of hydrogen-bond acceptors (Lipinski definition) is 3. The Morgan fingerprint density at radius 3 is 2.40 bits per heavy atom. The lowest BCUT2D eigenvalue weighted by Gasteiger charge is -2.25. The van der Waals surface area contributed by atoms with E-state index >= 15 is 0 Å². The summed E-state index contributed by atoms with van der Waals surface area (Å²) in [5.74, 6) is 0. The van der Waals surface area contributed by atoms with Gasteiger partial charge < -0.3 is 5.32 Å². The highest BCUT2D eigenvalue weighted by Crippen LogP contribution is 2.24. The molecule has 0 spiro atoms. The van der Waals surface area contributed by atoms with Crippen molar-refractivity contribution in [2.45, 2.75) is 49.8 Å². The quantitative estimate of drug-likeness (QED) is 0.749. The third kappa shape index (κ3) is 2.92. The van der Waals surface area contributed by atoms with E-state index in [1.165, 1.54) is 0 Å². The molecular weight excluding hydrogens is 212 g/mol. The van der Waals surface area contributed by atoms with Gasteiger partial charge >= 0.3 is 0 Å². The van der Waals surface area contributed by atoms with Crippen molar-refractivity contribution in [3.05, 3.63) is 0 Å². The number of hydrogen-bond donors (Lipinski definition) is 2. The van der Waals surface area contributed by atoms with Crippen LogP contribution in [0.15, 0.2) is 0 Å². The molecule has 0 aromatic rings. The second kappa shape index (κ2) is 4.80. The van der Waals surface area contributed by atoms with Crippen molar-refractivity contribution in [3.8, 4) is 0 Å². The summed E-state index contributed by atoms with van der Waals surface area (Å²) in [7, 11) is -3.05. The number of piperidine rings is 1. The summed E-state index contributed by atoms with van der Waals surface area (Å²) in [6.07, 6.45) is 5.85. The van der Waals surface area contributed by atoms with Crippen LogP contribution in [0.4, 0.5) is 0 Å². The van der Waals surface area contributed by atoms with Crippen molar-refractivity contribution in [1.29, 1.82) is 0 Å². The van der Waals surface area contributed by atoms with Crippen LogP contribution in [-0.4, -0.2) is 32.8 Å². The number of sulfonamides is 1. The zero-order chi connectivity index (χ0) is 10.7. The first kappa shape index (κ1) is 11.4. The van der Waals surface area contributed by atoms with Crippen LogP contribution in [-0.2, 0) is 10.0 Å². The van der Waals surface area contributed by atoms with Crippen molar-refractivity contribution in [2.24, 2.45) is 0 Å². The molecule has 5 heteroatoms. The van der Waals surface area contributed by atoms with E-state index in [-0.39, 0.29) is 11.3 Å². The maximum absolute atomic E-state index is 12.0. The van der Waals surface area contributed by atoms with E-state index in [9.17, 15) is 8.42 Å². The van der Waals surface area contributed by atoms with Gasteiger partial charge in [-0.2, -0.15) is 0 Å². The third-order valence-corrected chi connectivity index (χ3v) is 5.38. The zero-order valence-corrected chi connectivity index (χ0v) is 9.85.